The molecule has 0 atom stereocenters. The Morgan fingerprint density at radius 2 is 1.93 bits per heavy atom. The first kappa shape index (κ1) is 20.6. The van der Waals surface area contributed by atoms with Crippen LogP contribution in [0, 0.1) is 6.92 Å². The number of pyridine rings is 1. The molecule has 1 amide bonds. The Morgan fingerprint density at radius 1 is 1.28 bits per heavy atom. The Morgan fingerprint density at radius 3 is 2.55 bits per heavy atom. The third-order valence-corrected chi connectivity index (χ3v) is 5.92. The normalized spacial score (nSPS) is 20.4. The zero-order valence-electron chi connectivity index (χ0n) is 17.4. The van der Waals surface area contributed by atoms with Crippen LogP contribution in [-0.2, 0) is 14.2 Å². The van der Waals surface area contributed by atoms with E-state index < -0.39 is 11.4 Å². The van der Waals surface area contributed by atoms with Crippen LogP contribution in [0.1, 0.15) is 45.2 Å². The monoisotopic (exact) mass is 465 g/mol. The molecule has 0 aromatic carbocycles. The molecule has 7 nitrogen and oxygen atoms in total. The minimum Gasteiger partial charge on any atom is -0.444 e. The number of carbonyl (C=O) groups excluding carboxylic acids is 1. The first-order chi connectivity index (χ1) is 13.7. The first-order valence-corrected chi connectivity index (χ1v) is 10.8. The van der Waals surface area contributed by atoms with Crippen LogP contribution in [0.3, 0.4) is 0 Å². The average Bonchev–Trinajstić information content (AvgIpc) is 2.98. The fourth-order valence-corrected chi connectivity index (χ4v) is 4.27. The highest BCUT2D eigenvalue weighted by Gasteiger charge is 2.42. The molecule has 2 saturated heterocycles. The number of piperidine rings is 1. The number of rotatable bonds is 1. The van der Waals surface area contributed by atoms with Gasteiger partial charge in [-0.1, -0.05) is 0 Å². The molecule has 0 saturated carbocycles. The standard InChI is InChI=1S/C21H28BrN3O4/c1-14-11-25(18-17(14)9-15(22)10-23-18)16-12-27-21(28-13-16)5-7-24(8-6-21)19(26)29-20(2,3)4/h9-11,16H,5-8,12-13H2,1-4H3. The van der Waals surface area contributed by atoms with Crippen molar-refractivity contribution in [1.29, 1.82) is 0 Å². The molecular weight excluding hydrogens is 438 g/mol. The van der Waals surface area contributed by atoms with E-state index >= 15 is 0 Å². The van der Waals surface area contributed by atoms with E-state index in [2.05, 4.69) is 44.7 Å². The maximum Gasteiger partial charge on any atom is 0.410 e. The number of fused-ring (bicyclic) bond motifs is 1. The molecule has 8 heteroatoms. The quantitative estimate of drug-likeness (QED) is 0.623. The number of likely N-dealkylation sites (tertiary alicyclic amines) is 1. The lowest BCUT2D eigenvalue weighted by atomic mass is 10.0. The molecule has 2 fully saturated rings. The number of halogens is 1. The molecule has 29 heavy (non-hydrogen) atoms. The summed E-state index contributed by atoms with van der Waals surface area (Å²) in [6, 6.07) is 2.17. The maximum atomic E-state index is 12.3. The largest absolute Gasteiger partial charge is 0.444 e. The van der Waals surface area contributed by atoms with Crippen molar-refractivity contribution in [2.24, 2.45) is 0 Å². The molecule has 1 spiro atoms. The van der Waals surface area contributed by atoms with E-state index in [1.165, 1.54) is 5.56 Å². The summed E-state index contributed by atoms with van der Waals surface area (Å²) in [5.41, 5.74) is 1.64. The fraction of sp³-hybridized carbons (Fsp3) is 0.619. The Bertz CT molecular complexity index is 903. The van der Waals surface area contributed by atoms with Gasteiger partial charge in [0, 0.05) is 48.2 Å². The van der Waals surface area contributed by atoms with Gasteiger partial charge in [-0.25, -0.2) is 9.78 Å². The maximum absolute atomic E-state index is 12.3. The molecule has 2 aliphatic heterocycles. The minimum absolute atomic E-state index is 0.0781. The molecule has 2 aromatic rings. The number of hydrogen-bond acceptors (Lipinski definition) is 5. The van der Waals surface area contributed by atoms with Gasteiger partial charge in [-0.05, 0) is 55.3 Å². The van der Waals surface area contributed by atoms with Crippen LogP contribution >= 0.6 is 15.9 Å². The smallest absolute Gasteiger partial charge is 0.410 e. The van der Waals surface area contributed by atoms with Gasteiger partial charge in [0.15, 0.2) is 5.79 Å². The molecule has 2 aromatic heterocycles. The van der Waals surface area contributed by atoms with Crippen molar-refractivity contribution in [2.45, 2.75) is 58.0 Å². The molecule has 0 bridgehead atoms. The van der Waals surface area contributed by atoms with Crippen molar-refractivity contribution in [3.05, 3.63) is 28.5 Å². The number of ether oxygens (including phenoxy) is 3. The molecule has 4 heterocycles. The molecule has 2 aliphatic rings. The summed E-state index contributed by atoms with van der Waals surface area (Å²) in [5.74, 6) is -0.608. The summed E-state index contributed by atoms with van der Waals surface area (Å²) >= 11 is 3.49. The highest BCUT2D eigenvalue weighted by Crippen LogP contribution is 2.35. The van der Waals surface area contributed by atoms with E-state index in [1.54, 1.807) is 4.90 Å². The van der Waals surface area contributed by atoms with Crippen molar-refractivity contribution in [3.63, 3.8) is 0 Å². The molecule has 4 rings (SSSR count). The fourth-order valence-electron chi connectivity index (χ4n) is 3.94. The topological polar surface area (TPSA) is 65.8 Å². The van der Waals surface area contributed by atoms with Crippen LogP contribution in [0.2, 0.25) is 0 Å². The molecule has 0 N–H and O–H groups in total. The Labute approximate surface area is 179 Å². The van der Waals surface area contributed by atoms with E-state index in [0.717, 1.165) is 15.5 Å². The summed E-state index contributed by atoms with van der Waals surface area (Å²) < 4.78 is 21.0. The zero-order chi connectivity index (χ0) is 20.8. The van der Waals surface area contributed by atoms with Crippen molar-refractivity contribution in [3.8, 4) is 0 Å². The van der Waals surface area contributed by atoms with Crippen LogP contribution in [0.25, 0.3) is 11.0 Å². The van der Waals surface area contributed by atoms with E-state index in [0.29, 0.717) is 39.1 Å². The van der Waals surface area contributed by atoms with Crippen LogP contribution in [0.5, 0.6) is 0 Å². The molecule has 0 aliphatic carbocycles. The second kappa shape index (κ2) is 7.56. The van der Waals surface area contributed by atoms with Crippen molar-refractivity contribution in [2.75, 3.05) is 26.3 Å². The number of carbonyl (C=O) groups is 1. The summed E-state index contributed by atoms with van der Waals surface area (Å²) in [6.45, 7) is 9.99. The summed E-state index contributed by atoms with van der Waals surface area (Å²) in [6.07, 6.45) is 4.96. The van der Waals surface area contributed by atoms with Gasteiger partial charge in [0.05, 0.1) is 19.3 Å². The predicted molar refractivity (Wildman–Crippen MR) is 113 cm³/mol. The first-order valence-electron chi connectivity index (χ1n) is 10.0. The number of hydrogen-bond donors (Lipinski definition) is 0. The predicted octanol–water partition coefficient (Wildman–Crippen LogP) is 4.42. The summed E-state index contributed by atoms with van der Waals surface area (Å²) in [7, 11) is 0. The Balaban J connectivity index is 1.39. The van der Waals surface area contributed by atoms with Crippen molar-refractivity contribution >= 4 is 33.1 Å². The van der Waals surface area contributed by atoms with Gasteiger partial charge < -0.3 is 23.7 Å². The highest BCUT2D eigenvalue weighted by molar-refractivity contribution is 9.10. The second-order valence-corrected chi connectivity index (χ2v) is 9.81. The van der Waals surface area contributed by atoms with Crippen LogP contribution in [0.4, 0.5) is 4.79 Å². The number of amides is 1. The van der Waals surface area contributed by atoms with Gasteiger partial charge in [-0.3, -0.25) is 0 Å². The van der Waals surface area contributed by atoms with E-state index in [-0.39, 0.29) is 12.1 Å². The third kappa shape index (κ3) is 4.29. The summed E-state index contributed by atoms with van der Waals surface area (Å²) in [4.78, 5) is 18.6. The lowest BCUT2D eigenvalue weighted by Crippen LogP contribution is -2.53. The van der Waals surface area contributed by atoms with Crippen LogP contribution < -0.4 is 0 Å². The highest BCUT2D eigenvalue weighted by atomic mass is 79.9. The zero-order valence-corrected chi connectivity index (χ0v) is 19.0. The number of aromatic nitrogens is 2. The molecule has 158 valence electrons. The van der Waals surface area contributed by atoms with E-state index in [4.69, 9.17) is 14.2 Å². The van der Waals surface area contributed by atoms with Gasteiger partial charge >= 0.3 is 6.09 Å². The van der Waals surface area contributed by atoms with Gasteiger partial charge in [-0.15, -0.1) is 0 Å². The Kier molecular flexibility index (Phi) is 5.38. The lowest BCUT2D eigenvalue weighted by molar-refractivity contribution is -0.294. The number of aryl methyl sites for hydroxylation is 1. The van der Waals surface area contributed by atoms with Crippen molar-refractivity contribution in [1.82, 2.24) is 14.5 Å². The molecule has 0 unspecified atom stereocenters. The SMILES string of the molecule is Cc1cn(C2COC3(CCN(C(=O)OC(C)(C)C)CC3)OC2)c2ncc(Br)cc12. The van der Waals surface area contributed by atoms with Gasteiger partial charge in [0.2, 0.25) is 0 Å². The second-order valence-electron chi connectivity index (χ2n) is 8.90. The van der Waals surface area contributed by atoms with Gasteiger partial charge in [0.1, 0.15) is 11.2 Å². The van der Waals surface area contributed by atoms with Crippen LogP contribution in [-0.4, -0.2) is 58.2 Å². The van der Waals surface area contributed by atoms with Crippen molar-refractivity contribution < 1.29 is 19.0 Å². The average molecular weight is 466 g/mol. The molecular formula is C21H28BrN3O4. The number of nitrogens with zero attached hydrogens (tertiary/aromatic N) is 3. The molecule has 0 radical (unpaired) electrons. The van der Waals surface area contributed by atoms with Gasteiger partial charge in [0.25, 0.3) is 0 Å². The van der Waals surface area contributed by atoms with Crippen LogP contribution in [0.15, 0.2) is 22.9 Å². The minimum atomic E-state index is -0.608. The lowest BCUT2D eigenvalue weighted by Gasteiger charge is -2.45. The van der Waals surface area contributed by atoms with Gasteiger partial charge in [-0.2, -0.15) is 0 Å². The van der Waals surface area contributed by atoms with E-state index in [9.17, 15) is 4.79 Å². The summed E-state index contributed by atoms with van der Waals surface area (Å²) in [5, 5.41) is 1.13. The Hall–Kier alpha value is -1.64. The third-order valence-electron chi connectivity index (χ3n) is 5.48. The van der Waals surface area contributed by atoms with E-state index in [1.807, 2.05) is 27.0 Å².